The molecule has 4 heteroatoms. The Hall–Kier alpha value is -0.610. The van der Waals surface area contributed by atoms with Crippen molar-refractivity contribution in [1.82, 2.24) is 4.90 Å². The van der Waals surface area contributed by atoms with E-state index in [0.717, 1.165) is 45.1 Å². The highest BCUT2D eigenvalue weighted by atomic mass is 16.4. The number of carboxylic acid groups (broad SMARTS) is 1. The maximum absolute atomic E-state index is 11.4. The predicted octanol–water partition coefficient (Wildman–Crippen LogP) is 1.62. The van der Waals surface area contributed by atoms with Crippen LogP contribution in [0.5, 0.6) is 0 Å². The zero-order valence-electron chi connectivity index (χ0n) is 10.6. The van der Waals surface area contributed by atoms with Gasteiger partial charge in [-0.15, -0.1) is 0 Å². The Balaban J connectivity index is 2.09. The molecule has 0 radical (unpaired) electrons. The van der Waals surface area contributed by atoms with Crippen LogP contribution in [0.25, 0.3) is 0 Å². The van der Waals surface area contributed by atoms with Crippen LogP contribution in [-0.4, -0.2) is 45.3 Å². The standard InChI is InChI=1S/C13H23NO3/c1-12(11(15)16)6-4-5-9-14(12)10-13(17)7-2-3-8-13/h17H,2-10H2,1H3,(H,15,16). The Morgan fingerprint density at radius 3 is 2.35 bits per heavy atom. The number of likely N-dealkylation sites (tertiary alicyclic amines) is 1. The second kappa shape index (κ2) is 4.58. The Labute approximate surface area is 103 Å². The summed E-state index contributed by atoms with van der Waals surface area (Å²) in [5.41, 5.74) is -1.43. The zero-order chi connectivity index (χ0) is 12.5. The second-order valence-corrected chi connectivity index (χ2v) is 5.89. The highest BCUT2D eigenvalue weighted by Crippen LogP contribution is 2.35. The lowest BCUT2D eigenvalue weighted by Crippen LogP contribution is -2.59. The molecule has 2 rings (SSSR count). The number of carboxylic acids is 1. The van der Waals surface area contributed by atoms with Crippen molar-refractivity contribution in [3.8, 4) is 0 Å². The minimum Gasteiger partial charge on any atom is -0.480 e. The number of hydrogen-bond acceptors (Lipinski definition) is 3. The Bertz CT molecular complexity index is 299. The van der Waals surface area contributed by atoms with E-state index in [1.165, 1.54) is 0 Å². The minimum absolute atomic E-state index is 0.524. The number of aliphatic hydroxyl groups is 1. The number of β-amino-alcohol motifs (C(OH)–C–C–N with tert-alkyl or cyclic N) is 1. The van der Waals surface area contributed by atoms with Crippen LogP contribution in [0.3, 0.4) is 0 Å². The van der Waals surface area contributed by atoms with Gasteiger partial charge in [-0.3, -0.25) is 9.69 Å². The fraction of sp³-hybridized carbons (Fsp3) is 0.923. The molecule has 0 aromatic carbocycles. The lowest BCUT2D eigenvalue weighted by atomic mass is 9.86. The molecule has 1 atom stereocenters. The normalized spacial score (nSPS) is 33.8. The van der Waals surface area contributed by atoms with Crippen molar-refractivity contribution in [2.24, 2.45) is 0 Å². The molecular formula is C13H23NO3. The summed E-state index contributed by atoms with van der Waals surface area (Å²) in [6, 6.07) is 0. The maximum Gasteiger partial charge on any atom is 0.323 e. The number of piperidine rings is 1. The van der Waals surface area contributed by atoms with E-state index >= 15 is 0 Å². The Kier molecular flexibility index (Phi) is 3.46. The predicted molar refractivity (Wildman–Crippen MR) is 64.9 cm³/mol. The Morgan fingerprint density at radius 1 is 1.18 bits per heavy atom. The average Bonchev–Trinajstić information content (AvgIpc) is 2.69. The molecule has 2 aliphatic rings. The molecule has 4 nitrogen and oxygen atoms in total. The first kappa shape index (κ1) is 12.8. The van der Waals surface area contributed by atoms with E-state index in [1.807, 2.05) is 4.90 Å². The first-order valence-corrected chi connectivity index (χ1v) is 6.67. The minimum atomic E-state index is -0.781. The van der Waals surface area contributed by atoms with E-state index in [0.29, 0.717) is 13.0 Å². The molecule has 0 aromatic heterocycles. The molecule has 0 bridgehead atoms. The summed E-state index contributed by atoms with van der Waals surface area (Å²) in [5.74, 6) is -0.751. The highest BCUT2D eigenvalue weighted by Gasteiger charge is 2.45. The van der Waals surface area contributed by atoms with Crippen molar-refractivity contribution >= 4 is 5.97 Å². The molecule has 0 aromatic rings. The largest absolute Gasteiger partial charge is 0.480 e. The zero-order valence-corrected chi connectivity index (χ0v) is 10.6. The van der Waals surface area contributed by atoms with Gasteiger partial charge in [0.15, 0.2) is 0 Å². The lowest BCUT2D eigenvalue weighted by molar-refractivity contribution is -0.155. The van der Waals surface area contributed by atoms with Crippen LogP contribution in [0.15, 0.2) is 0 Å². The van der Waals surface area contributed by atoms with Gasteiger partial charge in [-0.1, -0.05) is 12.8 Å². The van der Waals surface area contributed by atoms with Crippen LogP contribution in [-0.2, 0) is 4.79 Å². The molecule has 1 saturated heterocycles. The van der Waals surface area contributed by atoms with Crippen LogP contribution in [0.1, 0.15) is 51.9 Å². The number of carbonyl (C=O) groups is 1. The first-order chi connectivity index (χ1) is 7.96. The third kappa shape index (κ3) is 2.47. The summed E-state index contributed by atoms with van der Waals surface area (Å²) in [4.78, 5) is 13.4. The van der Waals surface area contributed by atoms with E-state index in [9.17, 15) is 15.0 Å². The quantitative estimate of drug-likeness (QED) is 0.788. The van der Waals surface area contributed by atoms with Gasteiger partial charge in [0.2, 0.25) is 0 Å². The number of aliphatic carboxylic acids is 1. The molecule has 2 fully saturated rings. The van der Waals surface area contributed by atoms with E-state index in [1.54, 1.807) is 6.92 Å². The SMILES string of the molecule is CC1(C(=O)O)CCCCN1CC1(O)CCCC1. The fourth-order valence-corrected chi connectivity index (χ4v) is 3.22. The van der Waals surface area contributed by atoms with Gasteiger partial charge in [0.25, 0.3) is 0 Å². The van der Waals surface area contributed by atoms with Crippen molar-refractivity contribution < 1.29 is 15.0 Å². The molecule has 1 aliphatic heterocycles. The summed E-state index contributed by atoms with van der Waals surface area (Å²) in [6.07, 6.45) is 6.47. The molecular weight excluding hydrogens is 218 g/mol. The molecule has 98 valence electrons. The van der Waals surface area contributed by atoms with Gasteiger partial charge in [-0.25, -0.2) is 0 Å². The fourth-order valence-electron chi connectivity index (χ4n) is 3.22. The van der Waals surface area contributed by atoms with Gasteiger partial charge >= 0.3 is 5.97 Å². The molecule has 1 unspecified atom stereocenters. The first-order valence-electron chi connectivity index (χ1n) is 6.67. The van der Waals surface area contributed by atoms with E-state index < -0.39 is 17.1 Å². The molecule has 0 spiro atoms. The summed E-state index contributed by atoms with van der Waals surface area (Å²) >= 11 is 0. The maximum atomic E-state index is 11.4. The van der Waals surface area contributed by atoms with Crippen molar-refractivity contribution in [3.05, 3.63) is 0 Å². The average molecular weight is 241 g/mol. The van der Waals surface area contributed by atoms with E-state index in [2.05, 4.69) is 0 Å². The van der Waals surface area contributed by atoms with Crippen LogP contribution in [0.4, 0.5) is 0 Å². The third-order valence-corrected chi connectivity index (χ3v) is 4.52. The van der Waals surface area contributed by atoms with E-state index in [-0.39, 0.29) is 0 Å². The van der Waals surface area contributed by atoms with Gasteiger partial charge in [0.1, 0.15) is 5.54 Å². The number of nitrogens with zero attached hydrogens (tertiary/aromatic N) is 1. The van der Waals surface area contributed by atoms with Crippen molar-refractivity contribution in [2.75, 3.05) is 13.1 Å². The third-order valence-electron chi connectivity index (χ3n) is 4.52. The van der Waals surface area contributed by atoms with Gasteiger partial charge in [0, 0.05) is 6.54 Å². The molecule has 1 aliphatic carbocycles. The molecule has 17 heavy (non-hydrogen) atoms. The second-order valence-electron chi connectivity index (χ2n) is 5.89. The van der Waals surface area contributed by atoms with Gasteiger partial charge in [0.05, 0.1) is 5.60 Å². The molecule has 2 N–H and O–H groups in total. The van der Waals surface area contributed by atoms with Crippen LogP contribution in [0.2, 0.25) is 0 Å². The molecule has 1 heterocycles. The summed E-state index contributed by atoms with van der Waals surface area (Å²) in [7, 11) is 0. The van der Waals surface area contributed by atoms with Gasteiger partial charge in [-0.2, -0.15) is 0 Å². The van der Waals surface area contributed by atoms with Gasteiger partial charge < -0.3 is 10.2 Å². The number of hydrogen-bond donors (Lipinski definition) is 2. The summed E-state index contributed by atoms with van der Waals surface area (Å²) in [5, 5.41) is 19.8. The van der Waals surface area contributed by atoms with Gasteiger partial charge in [-0.05, 0) is 45.6 Å². The highest BCUT2D eigenvalue weighted by molar-refractivity contribution is 5.78. The number of rotatable bonds is 3. The molecule has 0 amide bonds. The smallest absolute Gasteiger partial charge is 0.323 e. The Morgan fingerprint density at radius 2 is 1.76 bits per heavy atom. The molecule has 1 saturated carbocycles. The monoisotopic (exact) mass is 241 g/mol. The van der Waals surface area contributed by atoms with E-state index in [4.69, 9.17) is 0 Å². The van der Waals surface area contributed by atoms with Crippen LogP contribution >= 0.6 is 0 Å². The topological polar surface area (TPSA) is 60.8 Å². The van der Waals surface area contributed by atoms with Crippen molar-refractivity contribution in [1.29, 1.82) is 0 Å². The summed E-state index contributed by atoms with van der Waals surface area (Å²) < 4.78 is 0. The van der Waals surface area contributed by atoms with Crippen LogP contribution < -0.4 is 0 Å². The van der Waals surface area contributed by atoms with Crippen LogP contribution in [0, 0.1) is 0 Å². The summed E-state index contributed by atoms with van der Waals surface area (Å²) in [6.45, 7) is 3.12. The van der Waals surface area contributed by atoms with Crippen molar-refractivity contribution in [2.45, 2.75) is 63.0 Å². The van der Waals surface area contributed by atoms with Crippen molar-refractivity contribution in [3.63, 3.8) is 0 Å². The lowest BCUT2D eigenvalue weighted by Gasteiger charge is -2.44.